The van der Waals surface area contributed by atoms with Crippen LogP contribution in [-0.2, 0) is 9.59 Å². The topological polar surface area (TPSA) is 85.8 Å². The van der Waals surface area contributed by atoms with E-state index >= 15 is 0 Å². The van der Waals surface area contributed by atoms with Crippen molar-refractivity contribution in [3.05, 3.63) is 0 Å². The van der Waals surface area contributed by atoms with E-state index in [0.717, 1.165) is 13.0 Å². The van der Waals surface area contributed by atoms with Crippen molar-refractivity contribution >= 4 is 41.8 Å². The summed E-state index contributed by atoms with van der Waals surface area (Å²) in [4.78, 5) is 30.2. The molecular weight excluding hydrogens is 433 g/mol. The number of nitrogens with zero attached hydrogens (tertiary/aromatic N) is 2. The number of carbonyl (C=O) groups excluding carboxylic acids is 2. The maximum Gasteiger partial charge on any atom is 0.242 e. The Labute approximate surface area is 168 Å². The van der Waals surface area contributed by atoms with E-state index in [0.29, 0.717) is 19.0 Å². The number of amides is 2. The molecule has 8 heteroatoms. The Balaban J connectivity index is 0.00000576. The second-order valence-corrected chi connectivity index (χ2v) is 7.56. The van der Waals surface area contributed by atoms with Crippen LogP contribution in [0.3, 0.4) is 0 Å². The van der Waals surface area contributed by atoms with Crippen LogP contribution in [0.25, 0.3) is 0 Å². The van der Waals surface area contributed by atoms with E-state index in [1.807, 2.05) is 46.4 Å². The average molecular weight is 467 g/mol. The maximum atomic E-state index is 12.0. The lowest BCUT2D eigenvalue weighted by Crippen LogP contribution is -2.46. The summed E-state index contributed by atoms with van der Waals surface area (Å²) in [7, 11) is 0. The lowest BCUT2D eigenvalue weighted by Gasteiger charge is -2.21. The molecule has 1 heterocycles. The average Bonchev–Trinajstić information content (AvgIpc) is 2.90. The molecule has 146 valence electrons. The summed E-state index contributed by atoms with van der Waals surface area (Å²) in [6.07, 6.45) is 0.886. The van der Waals surface area contributed by atoms with E-state index in [-0.39, 0.29) is 59.8 Å². The zero-order valence-electron chi connectivity index (χ0n) is 16.3. The quantitative estimate of drug-likeness (QED) is 0.324. The normalized spacial score (nSPS) is 18.0. The molecule has 1 unspecified atom stereocenters. The highest BCUT2D eigenvalue weighted by atomic mass is 127. The molecule has 0 aromatic heterocycles. The van der Waals surface area contributed by atoms with E-state index in [9.17, 15) is 9.59 Å². The molecule has 0 saturated carbocycles. The van der Waals surface area contributed by atoms with Crippen molar-refractivity contribution in [1.29, 1.82) is 0 Å². The first-order chi connectivity index (χ1) is 11.1. The first kappa shape index (κ1) is 23.9. The number of halogens is 1. The van der Waals surface area contributed by atoms with Gasteiger partial charge in [-0.05, 0) is 34.1 Å². The zero-order chi connectivity index (χ0) is 18.3. The number of guanidine groups is 1. The molecule has 0 bridgehead atoms. The number of carbonyl (C=O) groups is 2. The van der Waals surface area contributed by atoms with Gasteiger partial charge in [-0.15, -0.1) is 24.0 Å². The van der Waals surface area contributed by atoms with Crippen LogP contribution in [-0.4, -0.2) is 60.4 Å². The van der Waals surface area contributed by atoms with Crippen molar-refractivity contribution < 1.29 is 9.59 Å². The highest BCUT2D eigenvalue weighted by Gasteiger charge is 2.28. The number of aliphatic imine (C=N–C) groups is 1. The monoisotopic (exact) mass is 467 g/mol. The van der Waals surface area contributed by atoms with Crippen LogP contribution in [0, 0.1) is 5.92 Å². The van der Waals surface area contributed by atoms with Gasteiger partial charge in [0.15, 0.2) is 5.96 Å². The van der Waals surface area contributed by atoms with Crippen LogP contribution >= 0.6 is 24.0 Å². The molecule has 1 atom stereocenters. The fraction of sp³-hybridized carbons (Fsp3) is 0.824. The van der Waals surface area contributed by atoms with Crippen molar-refractivity contribution in [2.45, 2.75) is 59.5 Å². The minimum atomic E-state index is -0.262. The standard InChI is InChI=1S/C17H33N5O2.HI/c1-7-18-16(19-10-14(23)21-17(4,5)6)20-13-8-9-22(11-13)15(24)12(2)3;/h12-13H,7-11H2,1-6H3,(H,21,23)(H2,18,19,20);1H. The van der Waals surface area contributed by atoms with Gasteiger partial charge in [0.2, 0.25) is 11.8 Å². The molecule has 1 aliphatic heterocycles. The molecule has 0 aliphatic carbocycles. The highest BCUT2D eigenvalue weighted by molar-refractivity contribution is 14.0. The van der Waals surface area contributed by atoms with E-state index in [2.05, 4.69) is 20.9 Å². The van der Waals surface area contributed by atoms with Crippen molar-refractivity contribution in [2.24, 2.45) is 10.9 Å². The minimum Gasteiger partial charge on any atom is -0.357 e. The molecule has 25 heavy (non-hydrogen) atoms. The predicted octanol–water partition coefficient (Wildman–Crippen LogP) is 1.33. The van der Waals surface area contributed by atoms with Crippen molar-refractivity contribution in [3.8, 4) is 0 Å². The summed E-state index contributed by atoms with van der Waals surface area (Å²) in [5.74, 6) is 0.714. The Bertz CT molecular complexity index is 474. The summed E-state index contributed by atoms with van der Waals surface area (Å²) in [6, 6.07) is 0.163. The van der Waals surface area contributed by atoms with Crippen LogP contribution in [0.1, 0.15) is 48.0 Å². The summed E-state index contributed by atoms with van der Waals surface area (Å²) in [6.45, 7) is 13.9. The zero-order valence-corrected chi connectivity index (χ0v) is 18.6. The Morgan fingerprint density at radius 3 is 2.44 bits per heavy atom. The van der Waals surface area contributed by atoms with Crippen LogP contribution in [0.15, 0.2) is 4.99 Å². The fourth-order valence-electron chi connectivity index (χ4n) is 2.57. The SMILES string of the molecule is CCNC(=NCC(=O)NC(C)(C)C)NC1CCN(C(=O)C(C)C)C1.I. The van der Waals surface area contributed by atoms with Crippen molar-refractivity contribution in [3.63, 3.8) is 0 Å². The van der Waals surface area contributed by atoms with Crippen LogP contribution in [0.5, 0.6) is 0 Å². The molecule has 7 nitrogen and oxygen atoms in total. The van der Waals surface area contributed by atoms with Gasteiger partial charge < -0.3 is 20.9 Å². The molecule has 1 fully saturated rings. The van der Waals surface area contributed by atoms with Crippen LogP contribution in [0.2, 0.25) is 0 Å². The minimum absolute atomic E-state index is 0. The van der Waals surface area contributed by atoms with Gasteiger partial charge >= 0.3 is 0 Å². The summed E-state index contributed by atoms with van der Waals surface area (Å²) in [5.41, 5.74) is -0.262. The first-order valence-electron chi connectivity index (χ1n) is 8.77. The Morgan fingerprint density at radius 1 is 1.28 bits per heavy atom. The maximum absolute atomic E-state index is 12.0. The number of hydrogen-bond acceptors (Lipinski definition) is 3. The van der Waals surface area contributed by atoms with Gasteiger partial charge in [-0.2, -0.15) is 0 Å². The molecule has 2 amide bonds. The first-order valence-corrected chi connectivity index (χ1v) is 8.77. The third kappa shape index (κ3) is 9.27. The smallest absolute Gasteiger partial charge is 0.242 e. The van der Waals surface area contributed by atoms with Crippen LogP contribution < -0.4 is 16.0 Å². The summed E-state index contributed by atoms with van der Waals surface area (Å²) in [5, 5.41) is 9.36. The number of rotatable bonds is 5. The molecule has 0 radical (unpaired) electrons. The largest absolute Gasteiger partial charge is 0.357 e. The van der Waals surface area contributed by atoms with Gasteiger partial charge in [0, 0.05) is 37.1 Å². The van der Waals surface area contributed by atoms with E-state index in [4.69, 9.17) is 0 Å². The number of hydrogen-bond donors (Lipinski definition) is 3. The lowest BCUT2D eigenvalue weighted by atomic mass is 10.1. The van der Waals surface area contributed by atoms with Crippen molar-refractivity contribution in [2.75, 3.05) is 26.2 Å². The summed E-state index contributed by atoms with van der Waals surface area (Å²) < 4.78 is 0. The molecule has 3 N–H and O–H groups in total. The molecule has 1 saturated heterocycles. The molecule has 0 aromatic rings. The third-order valence-corrected chi connectivity index (χ3v) is 3.57. The van der Waals surface area contributed by atoms with Crippen LogP contribution in [0.4, 0.5) is 0 Å². The van der Waals surface area contributed by atoms with E-state index in [1.165, 1.54) is 0 Å². The van der Waals surface area contributed by atoms with Gasteiger partial charge in [-0.25, -0.2) is 4.99 Å². The van der Waals surface area contributed by atoms with E-state index < -0.39 is 0 Å². The van der Waals surface area contributed by atoms with Gasteiger partial charge in [0.05, 0.1) is 0 Å². The second-order valence-electron chi connectivity index (χ2n) is 7.56. The fourth-order valence-corrected chi connectivity index (χ4v) is 2.57. The lowest BCUT2D eigenvalue weighted by molar-refractivity contribution is -0.133. The van der Waals surface area contributed by atoms with Gasteiger partial charge in [0.25, 0.3) is 0 Å². The third-order valence-electron chi connectivity index (χ3n) is 3.57. The number of nitrogens with one attached hydrogen (secondary N) is 3. The molecular formula is C17H34IN5O2. The predicted molar refractivity (Wildman–Crippen MR) is 112 cm³/mol. The van der Waals surface area contributed by atoms with Gasteiger partial charge in [-0.3, -0.25) is 9.59 Å². The number of likely N-dealkylation sites (tertiary alicyclic amines) is 1. The highest BCUT2D eigenvalue weighted by Crippen LogP contribution is 2.12. The van der Waals surface area contributed by atoms with Gasteiger partial charge in [-0.1, -0.05) is 13.8 Å². The molecule has 1 rings (SSSR count). The second kappa shape index (κ2) is 10.8. The Hall–Kier alpha value is -1.06. The summed E-state index contributed by atoms with van der Waals surface area (Å²) >= 11 is 0. The molecule has 0 spiro atoms. The Kier molecular flexibility index (Phi) is 10.4. The van der Waals surface area contributed by atoms with Gasteiger partial charge in [0.1, 0.15) is 6.54 Å². The Morgan fingerprint density at radius 2 is 1.92 bits per heavy atom. The van der Waals surface area contributed by atoms with E-state index in [1.54, 1.807) is 0 Å². The molecule has 0 aromatic carbocycles. The molecule has 1 aliphatic rings. The van der Waals surface area contributed by atoms with Crippen molar-refractivity contribution in [1.82, 2.24) is 20.9 Å².